The molecule has 22 heavy (non-hydrogen) atoms. The first-order valence-corrected chi connectivity index (χ1v) is 8.45. The summed E-state index contributed by atoms with van der Waals surface area (Å²) in [5.74, 6) is 1.06. The molecule has 0 aromatic carbocycles. The molecule has 0 spiro atoms. The standard InChI is InChI=1S/C18H25N3O/c1-3-13(4-2)18(22)21-10-7-14(8-11-21)15-12-20-16-6-5-9-19-17(15)16/h5-6,9,12-14,20H,3-4,7-8,10-11H2,1-2H3. The van der Waals surface area contributed by atoms with Crippen LogP contribution in [0.5, 0.6) is 0 Å². The number of carbonyl (C=O) groups is 1. The Morgan fingerprint density at radius 2 is 2.09 bits per heavy atom. The number of hydrogen-bond donors (Lipinski definition) is 1. The summed E-state index contributed by atoms with van der Waals surface area (Å²) in [5, 5.41) is 0. The quantitative estimate of drug-likeness (QED) is 0.935. The minimum atomic E-state index is 0.200. The average Bonchev–Trinajstić information content (AvgIpc) is 3.00. The van der Waals surface area contributed by atoms with Crippen LogP contribution in [0.1, 0.15) is 51.0 Å². The summed E-state index contributed by atoms with van der Waals surface area (Å²) in [7, 11) is 0. The minimum absolute atomic E-state index is 0.200. The molecule has 1 saturated heterocycles. The molecule has 0 saturated carbocycles. The van der Waals surface area contributed by atoms with Crippen molar-refractivity contribution in [3.8, 4) is 0 Å². The van der Waals surface area contributed by atoms with Crippen LogP contribution in [0.15, 0.2) is 24.5 Å². The summed E-state index contributed by atoms with van der Waals surface area (Å²) in [6.07, 6.45) is 7.92. The van der Waals surface area contributed by atoms with Crippen LogP contribution in [0, 0.1) is 5.92 Å². The van der Waals surface area contributed by atoms with Crippen molar-refractivity contribution in [3.05, 3.63) is 30.1 Å². The van der Waals surface area contributed by atoms with Crippen LogP contribution in [0.25, 0.3) is 11.0 Å². The van der Waals surface area contributed by atoms with Crippen molar-refractivity contribution in [2.75, 3.05) is 13.1 Å². The lowest BCUT2D eigenvalue weighted by Gasteiger charge is -2.34. The van der Waals surface area contributed by atoms with Gasteiger partial charge in [0.1, 0.15) is 0 Å². The average molecular weight is 299 g/mol. The predicted molar refractivity (Wildman–Crippen MR) is 88.7 cm³/mol. The molecule has 0 unspecified atom stereocenters. The molecule has 1 N–H and O–H groups in total. The lowest BCUT2D eigenvalue weighted by molar-refractivity contribution is -0.136. The van der Waals surface area contributed by atoms with Crippen molar-refractivity contribution in [3.63, 3.8) is 0 Å². The lowest BCUT2D eigenvalue weighted by Crippen LogP contribution is -2.41. The number of aromatic nitrogens is 2. The highest BCUT2D eigenvalue weighted by Crippen LogP contribution is 2.32. The van der Waals surface area contributed by atoms with Gasteiger partial charge in [0, 0.05) is 31.4 Å². The fourth-order valence-electron chi connectivity index (χ4n) is 3.59. The van der Waals surface area contributed by atoms with Crippen molar-refractivity contribution in [1.82, 2.24) is 14.9 Å². The van der Waals surface area contributed by atoms with Gasteiger partial charge in [0.25, 0.3) is 0 Å². The van der Waals surface area contributed by atoms with E-state index in [1.807, 2.05) is 12.3 Å². The topological polar surface area (TPSA) is 49.0 Å². The highest BCUT2D eigenvalue weighted by atomic mass is 16.2. The number of piperidine rings is 1. The SMILES string of the molecule is CCC(CC)C(=O)N1CCC(c2c[nH]c3cccnc23)CC1. The largest absolute Gasteiger partial charge is 0.360 e. The molecule has 3 rings (SSSR count). The fourth-order valence-corrected chi connectivity index (χ4v) is 3.59. The Kier molecular flexibility index (Phi) is 4.46. The molecular weight excluding hydrogens is 274 g/mol. The van der Waals surface area contributed by atoms with Crippen LogP contribution in [0.3, 0.4) is 0 Å². The zero-order valence-corrected chi connectivity index (χ0v) is 13.5. The van der Waals surface area contributed by atoms with Gasteiger partial charge in [-0.15, -0.1) is 0 Å². The molecule has 2 aromatic heterocycles. The maximum Gasteiger partial charge on any atom is 0.225 e. The van der Waals surface area contributed by atoms with E-state index in [9.17, 15) is 4.79 Å². The van der Waals surface area contributed by atoms with E-state index in [1.165, 1.54) is 5.56 Å². The van der Waals surface area contributed by atoms with Gasteiger partial charge >= 0.3 is 0 Å². The van der Waals surface area contributed by atoms with Gasteiger partial charge in [-0.25, -0.2) is 0 Å². The Hall–Kier alpha value is -1.84. The summed E-state index contributed by atoms with van der Waals surface area (Å²) in [6.45, 7) is 5.96. The highest BCUT2D eigenvalue weighted by molar-refractivity contribution is 5.80. The van der Waals surface area contributed by atoms with Gasteiger partial charge in [0.05, 0.1) is 11.0 Å². The number of pyridine rings is 1. The normalized spacial score (nSPS) is 16.6. The second kappa shape index (κ2) is 6.51. The Morgan fingerprint density at radius 3 is 2.77 bits per heavy atom. The number of likely N-dealkylation sites (tertiary alicyclic amines) is 1. The van der Waals surface area contributed by atoms with Gasteiger partial charge < -0.3 is 9.88 Å². The van der Waals surface area contributed by atoms with Crippen molar-refractivity contribution in [2.24, 2.45) is 5.92 Å². The number of nitrogens with zero attached hydrogens (tertiary/aromatic N) is 2. The number of aromatic amines is 1. The highest BCUT2D eigenvalue weighted by Gasteiger charge is 2.28. The molecule has 2 aromatic rings. The zero-order valence-electron chi connectivity index (χ0n) is 13.5. The monoisotopic (exact) mass is 299 g/mol. The van der Waals surface area contributed by atoms with Gasteiger partial charge in [0.15, 0.2) is 0 Å². The van der Waals surface area contributed by atoms with E-state index < -0.39 is 0 Å². The van der Waals surface area contributed by atoms with Crippen LogP contribution in [0.2, 0.25) is 0 Å². The van der Waals surface area contributed by atoms with E-state index in [2.05, 4.69) is 41.0 Å². The number of carbonyl (C=O) groups excluding carboxylic acids is 1. The molecule has 4 heteroatoms. The Labute approximate surface area is 131 Å². The smallest absolute Gasteiger partial charge is 0.225 e. The Bertz CT molecular complexity index is 637. The lowest BCUT2D eigenvalue weighted by atomic mass is 9.89. The number of nitrogens with one attached hydrogen (secondary N) is 1. The van der Waals surface area contributed by atoms with E-state index >= 15 is 0 Å². The van der Waals surface area contributed by atoms with Gasteiger partial charge in [-0.1, -0.05) is 13.8 Å². The van der Waals surface area contributed by atoms with E-state index in [0.717, 1.165) is 49.8 Å². The van der Waals surface area contributed by atoms with Crippen molar-refractivity contribution in [2.45, 2.75) is 45.4 Å². The second-order valence-corrected chi connectivity index (χ2v) is 6.26. The molecule has 0 bridgehead atoms. The second-order valence-electron chi connectivity index (χ2n) is 6.26. The predicted octanol–water partition coefficient (Wildman–Crippen LogP) is 3.71. The van der Waals surface area contributed by atoms with Crippen LogP contribution >= 0.6 is 0 Å². The van der Waals surface area contributed by atoms with Gasteiger partial charge in [-0.05, 0) is 49.3 Å². The Morgan fingerprint density at radius 1 is 1.36 bits per heavy atom. The van der Waals surface area contributed by atoms with E-state index in [1.54, 1.807) is 0 Å². The first-order valence-electron chi connectivity index (χ1n) is 8.45. The first kappa shape index (κ1) is 15.1. The molecule has 3 heterocycles. The molecule has 118 valence electrons. The third-order valence-electron chi connectivity index (χ3n) is 5.05. The van der Waals surface area contributed by atoms with Crippen molar-refractivity contribution >= 4 is 16.9 Å². The third kappa shape index (κ3) is 2.74. The molecule has 4 nitrogen and oxygen atoms in total. The summed E-state index contributed by atoms with van der Waals surface area (Å²) in [4.78, 5) is 22.4. The van der Waals surface area contributed by atoms with Gasteiger partial charge in [-0.3, -0.25) is 9.78 Å². The molecule has 1 aliphatic rings. The summed E-state index contributed by atoms with van der Waals surface area (Å²) in [5.41, 5.74) is 3.51. The number of H-pyrrole nitrogens is 1. The molecule has 0 atom stereocenters. The maximum absolute atomic E-state index is 12.5. The van der Waals surface area contributed by atoms with Crippen LogP contribution in [0.4, 0.5) is 0 Å². The molecule has 1 fully saturated rings. The van der Waals surface area contributed by atoms with Crippen LogP contribution in [-0.2, 0) is 4.79 Å². The fraction of sp³-hybridized carbons (Fsp3) is 0.556. The Balaban J connectivity index is 1.68. The number of hydrogen-bond acceptors (Lipinski definition) is 2. The van der Waals surface area contributed by atoms with Gasteiger partial charge in [0.2, 0.25) is 5.91 Å². The van der Waals surface area contributed by atoms with Crippen LogP contribution < -0.4 is 0 Å². The summed E-state index contributed by atoms with van der Waals surface area (Å²) in [6, 6.07) is 4.02. The number of fused-ring (bicyclic) bond motifs is 1. The molecule has 0 radical (unpaired) electrons. The number of amides is 1. The van der Waals surface area contributed by atoms with E-state index in [4.69, 9.17) is 0 Å². The zero-order chi connectivity index (χ0) is 15.5. The van der Waals surface area contributed by atoms with Crippen molar-refractivity contribution in [1.29, 1.82) is 0 Å². The summed E-state index contributed by atoms with van der Waals surface area (Å²) < 4.78 is 0. The van der Waals surface area contributed by atoms with Crippen LogP contribution in [-0.4, -0.2) is 33.9 Å². The van der Waals surface area contributed by atoms with Gasteiger partial charge in [-0.2, -0.15) is 0 Å². The van der Waals surface area contributed by atoms with E-state index in [-0.39, 0.29) is 5.92 Å². The summed E-state index contributed by atoms with van der Waals surface area (Å²) >= 11 is 0. The van der Waals surface area contributed by atoms with E-state index in [0.29, 0.717) is 11.8 Å². The first-order chi connectivity index (χ1) is 10.7. The minimum Gasteiger partial charge on any atom is -0.360 e. The van der Waals surface area contributed by atoms with Crippen molar-refractivity contribution < 1.29 is 4.79 Å². The maximum atomic E-state index is 12.5. The molecule has 1 aliphatic heterocycles. The molecule has 0 aliphatic carbocycles. The molecule has 1 amide bonds. The molecular formula is C18H25N3O. The number of rotatable bonds is 4. The third-order valence-corrected chi connectivity index (χ3v) is 5.05.